The SMILES string of the molecule is CC(C#N)OC(=O)c1ccc(=O)n(CCOc2ccccc2)n1. The summed E-state index contributed by atoms with van der Waals surface area (Å²) in [6.07, 6.45) is -0.883. The smallest absolute Gasteiger partial charge is 0.360 e. The molecule has 1 unspecified atom stereocenters. The number of nitriles is 1. The van der Waals surface area contributed by atoms with Crippen molar-refractivity contribution in [3.05, 3.63) is 58.5 Å². The lowest BCUT2D eigenvalue weighted by molar-refractivity contribution is 0.0425. The van der Waals surface area contributed by atoms with Crippen molar-refractivity contribution in [2.45, 2.75) is 19.6 Å². The van der Waals surface area contributed by atoms with E-state index in [1.165, 1.54) is 19.1 Å². The van der Waals surface area contributed by atoms with E-state index in [9.17, 15) is 9.59 Å². The van der Waals surface area contributed by atoms with Crippen LogP contribution >= 0.6 is 0 Å². The number of para-hydroxylation sites is 1. The molecule has 1 aromatic heterocycles. The van der Waals surface area contributed by atoms with Gasteiger partial charge in [-0.2, -0.15) is 10.4 Å². The third-order valence-corrected chi connectivity index (χ3v) is 2.86. The highest BCUT2D eigenvalue weighted by atomic mass is 16.5. The second kappa shape index (κ2) is 7.75. The molecule has 1 atom stereocenters. The average molecular weight is 313 g/mol. The molecule has 0 spiro atoms. The Morgan fingerprint density at radius 3 is 2.74 bits per heavy atom. The Hall–Kier alpha value is -3.14. The van der Waals surface area contributed by atoms with Gasteiger partial charge in [0.25, 0.3) is 5.56 Å². The van der Waals surface area contributed by atoms with Crippen LogP contribution in [0.3, 0.4) is 0 Å². The Balaban J connectivity index is 2.01. The predicted molar refractivity (Wildman–Crippen MR) is 80.9 cm³/mol. The summed E-state index contributed by atoms with van der Waals surface area (Å²) in [7, 11) is 0. The summed E-state index contributed by atoms with van der Waals surface area (Å²) < 4.78 is 11.5. The Morgan fingerprint density at radius 2 is 2.04 bits per heavy atom. The van der Waals surface area contributed by atoms with Crippen LogP contribution in [0.2, 0.25) is 0 Å². The van der Waals surface area contributed by atoms with Crippen molar-refractivity contribution in [2.75, 3.05) is 6.61 Å². The number of aromatic nitrogens is 2. The Morgan fingerprint density at radius 1 is 1.30 bits per heavy atom. The van der Waals surface area contributed by atoms with Gasteiger partial charge in [-0.15, -0.1) is 0 Å². The highest BCUT2D eigenvalue weighted by molar-refractivity contribution is 5.87. The number of carbonyl (C=O) groups is 1. The van der Waals surface area contributed by atoms with Crippen molar-refractivity contribution < 1.29 is 14.3 Å². The van der Waals surface area contributed by atoms with Crippen LogP contribution in [0, 0.1) is 11.3 Å². The van der Waals surface area contributed by atoms with Gasteiger partial charge in [0.1, 0.15) is 18.4 Å². The topological polar surface area (TPSA) is 94.2 Å². The van der Waals surface area contributed by atoms with Gasteiger partial charge in [-0.25, -0.2) is 9.48 Å². The number of hydrogen-bond acceptors (Lipinski definition) is 6. The lowest BCUT2D eigenvalue weighted by Gasteiger charge is -2.09. The van der Waals surface area contributed by atoms with E-state index in [1.807, 2.05) is 18.2 Å². The van der Waals surface area contributed by atoms with E-state index in [1.54, 1.807) is 18.2 Å². The maximum absolute atomic E-state index is 11.8. The third-order valence-electron chi connectivity index (χ3n) is 2.86. The molecule has 7 heteroatoms. The Labute approximate surface area is 132 Å². The molecule has 23 heavy (non-hydrogen) atoms. The minimum absolute atomic E-state index is 0.0357. The van der Waals surface area contributed by atoms with Crippen molar-refractivity contribution in [3.8, 4) is 11.8 Å². The van der Waals surface area contributed by atoms with E-state index in [0.29, 0.717) is 5.75 Å². The van der Waals surface area contributed by atoms with Gasteiger partial charge in [-0.05, 0) is 25.1 Å². The fraction of sp³-hybridized carbons (Fsp3) is 0.250. The molecule has 0 radical (unpaired) electrons. The second-order valence-corrected chi connectivity index (χ2v) is 4.62. The molecule has 2 rings (SSSR count). The summed E-state index contributed by atoms with van der Waals surface area (Å²) in [5.74, 6) is -0.0734. The first-order chi connectivity index (χ1) is 11.1. The molecule has 0 N–H and O–H groups in total. The number of esters is 1. The summed E-state index contributed by atoms with van der Waals surface area (Å²) in [5, 5.41) is 12.6. The van der Waals surface area contributed by atoms with E-state index >= 15 is 0 Å². The summed E-state index contributed by atoms with van der Waals surface area (Å²) in [5.41, 5.74) is -0.391. The van der Waals surface area contributed by atoms with Crippen LogP contribution in [0.25, 0.3) is 0 Å². The number of nitrogens with zero attached hydrogens (tertiary/aromatic N) is 3. The van der Waals surface area contributed by atoms with Gasteiger partial charge < -0.3 is 9.47 Å². The zero-order chi connectivity index (χ0) is 16.7. The number of ether oxygens (including phenoxy) is 2. The zero-order valence-corrected chi connectivity index (χ0v) is 12.5. The maximum Gasteiger partial charge on any atom is 0.360 e. The highest BCUT2D eigenvalue weighted by Crippen LogP contribution is 2.07. The van der Waals surface area contributed by atoms with Crippen LogP contribution in [0.5, 0.6) is 5.75 Å². The van der Waals surface area contributed by atoms with Gasteiger partial charge in [-0.1, -0.05) is 18.2 Å². The van der Waals surface area contributed by atoms with Crippen LogP contribution in [0.1, 0.15) is 17.4 Å². The fourth-order valence-electron chi connectivity index (χ4n) is 1.73. The number of hydrogen-bond donors (Lipinski definition) is 0. The van der Waals surface area contributed by atoms with Crippen molar-refractivity contribution in [1.82, 2.24) is 9.78 Å². The molecular formula is C16H15N3O4. The largest absolute Gasteiger partial charge is 0.492 e. The van der Waals surface area contributed by atoms with Gasteiger partial charge in [0, 0.05) is 6.07 Å². The van der Waals surface area contributed by atoms with Crippen LogP contribution in [-0.4, -0.2) is 28.5 Å². The standard InChI is InChI=1S/C16H15N3O4/c1-12(11-17)23-16(21)14-7-8-15(20)19(18-14)9-10-22-13-5-3-2-4-6-13/h2-8,12H,9-10H2,1H3. The minimum atomic E-state index is -0.883. The van der Waals surface area contributed by atoms with Crippen LogP contribution in [0.4, 0.5) is 0 Å². The predicted octanol–water partition coefficient (Wildman–Crippen LogP) is 1.39. The van der Waals surface area contributed by atoms with E-state index in [-0.39, 0.29) is 24.4 Å². The lowest BCUT2D eigenvalue weighted by Crippen LogP contribution is -2.27. The lowest BCUT2D eigenvalue weighted by atomic mass is 10.3. The van der Waals surface area contributed by atoms with E-state index in [4.69, 9.17) is 14.7 Å². The second-order valence-electron chi connectivity index (χ2n) is 4.62. The van der Waals surface area contributed by atoms with E-state index in [2.05, 4.69) is 5.10 Å². The van der Waals surface area contributed by atoms with E-state index in [0.717, 1.165) is 4.68 Å². The molecule has 118 valence electrons. The maximum atomic E-state index is 11.8. The zero-order valence-electron chi connectivity index (χ0n) is 12.5. The first-order valence-corrected chi connectivity index (χ1v) is 6.97. The first-order valence-electron chi connectivity index (χ1n) is 6.97. The molecule has 0 saturated carbocycles. The number of carbonyl (C=O) groups excluding carboxylic acids is 1. The molecule has 0 bridgehead atoms. The van der Waals surface area contributed by atoms with Crippen molar-refractivity contribution in [1.29, 1.82) is 5.26 Å². The minimum Gasteiger partial charge on any atom is -0.492 e. The van der Waals surface area contributed by atoms with Gasteiger partial charge in [0.05, 0.1) is 6.54 Å². The van der Waals surface area contributed by atoms with Crippen molar-refractivity contribution >= 4 is 5.97 Å². The summed E-state index contributed by atoms with van der Waals surface area (Å²) in [6, 6.07) is 13.4. The van der Waals surface area contributed by atoms with Gasteiger partial charge in [0.15, 0.2) is 11.8 Å². The van der Waals surface area contributed by atoms with Crippen LogP contribution in [0.15, 0.2) is 47.3 Å². The molecule has 0 saturated heterocycles. The molecule has 0 aliphatic carbocycles. The normalized spacial score (nSPS) is 11.3. The summed E-state index contributed by atoms with van der Waals surface area (Å²) in [4.78, 5) is 23.5. The molecule has 0 aliphatic heterocycles. The molecule has 1 aromatic carbocycles. The molecule has 0 amide bonds. The average Bonchev–Trinajstić information content (AvgIpc) is 2.57. The first kappa shape index (κ1) is 16.2. The summed E-state index contributed by atoms with van der Waals surface area (Å²) in [6.45, 7) is 1.86. The van der Waals surface area contributed by atoms with Crippen molar-refractivity contribution in [3.63, 3.8) is 0 Å². The quantitative estimate of drug-likeness (QED) is 0.748. The summed E-state index contributed by atoms with van der Waals surface area (Å²) >= 11 is 0. The molecule has 2 aromatic rings. The molecule has 0 aliphatic rings. The fourth-order valence-corrected chi connectivity index (χ4v) is 1.73. The Kier molecular flexibility index (Phi) is 5.47. The van der Waals surface area contributed by atoms with E-state index < -0.39 is 12.1 Å². The highest BCUT2D eigenvalue weighted by Gasteiger charge is 2.14. The van der Waals surface area contributed by atoms with Gasteiger partial charge in [0.2, 0.25) is 0 Å². The molecule has 7 nitrogen and oxygen atoms in total. The number of rotatable bonds is 6. The van der Waals surface area contributed by atoms with Crippen LogP contribution in [-0.2, 0) is 11.3 Å². The third kappa shape index (κ3) is 4.68. The molecule has 0 fully saturated rings. The van der Waals surface area contributed by atoms with Crippen LogP contribution < -0.4 is 10.3 Å². The van der Waals surface area contributed by atoms with Gasteiger partial charge in [-0.3, -0.25) is 4.79 Å². The number of benzene rings is 1. The molecule has 1 heterocycles. The van der Waals surface area contributed by atoms with Gasteiger partial charge >= 0.3 is 5.97 Å². The Bertz CT molecular complexity index is 765. The molecular weight excluding hydrogens is 298 g/mol. The van der Waals surface area contributed by atoms with Crippen molar-refractivity contribution in [2.24, 2.45) is 0 Å². The monoisotopic (exact) mass is 313 g/mol.